The van der Waals surface area contributed by atoms with Crippen LogP contribution in [0, 0.1) is 0 Å². The van der Waals surface area contributed by atoms with Gasteiger partial charge in [0.1, 0.15) is 0 Å². The summed E-state index contributed by atoms with van der Waals surface area (Å²) >= 11 is 0. The summed E-state index contributed by atoms with van der Waals surface area (Å²) in [6.45, 7) is 2.65. The van der Waals surface area contributed by atoms with Crippen molar-refractivity contribution in [2.24, 2.45) is 0 Å². The van der Waals surface area contributed by atoms with Crippen LogP contribution >= 0.6 is 7.94 Å². The predicted octanol–water partition coefficient (Wildman–Crippen LogP) is 4.22. The van der Waals surface area contributed by atoms with Gasteiger partial charge in [-0.15, -0.1) is 0 Å². The fourth-order valence-electron chi connectivity index (χ4n) is 2.12. The molecule has 0 fully saturated rings. The minimum Gasteiger partial charge on any atom is -0.188 e. The van der Waals surface area contributed by atoms with E-state index < -0.39 is 7.94 Å². The number of benzene rings is 1. The molecule has 0 aliphatic rings. The summed E-state index contributed by atoms with van der Waals surface area (Å²) in [6, 6.07) is 8.82. The van der Waals surface area contributed by atoms with Gasteiger partial charge in [0.15, 0.2) is 5.30 Å². The molecule has 4 heteroatoms. The lowest BCUT2D eigenvalue weighted by molar-refractivity contribution is 0.234. The van der Waals surface area contributed by atoms with Crippen LogP contribution in [0.25, 0.3) is 0 Å². The number of hydrogen-bond donors (Lipinski definition) is 2. The first-order valence-electron chi connectivity index (χ1n) is 7.71. The molecule has 0 spiro atoms. The van der Waals surface area contributed by atoms with Crippen LogP contribution in [0.2, 0.25) is 0 Å². The lowest BCUT2D eigenvalue weighted by atomic mass is 10.1. The third-order valence-corrected chi connectivity index (χ3v) is 4.88. The van der Waals surface area contributed by atoms with Gasteiger partial charge in [0.05, 0.1) is 6.61 Å². The second kappa shape index (κ2) is 10.3. The Kier molecular flexibility index (Phi) is 9.04. The quantitative estimate of drug-likeness (QED) is 0.475. The first-order chi connectivity index (χ1) is 9.67. The Hall–Kier alpha value is -0.470. The molecule has 1 aromatic rings. The maximum absolute atomic E-state index is 9.93. The molecule has 0 aliphatic carbocycles. The standard InChI is InChI=1S/C16H28O3P/c1-2-3-4-5-6-7-8-12-15-19-20(17,18)16-13-10-9-11-14-16/h9-11,13-14,17-18H,2-8,12,15H2,1H3/q+1. The fourth-order valence-corrected chi connectivity index (χ4v) is 3.22. The maximum atomic E-state index is 9.93. The molecule has 20 heavy (non-hydrogen) atoms. The first kappa shape index (κ1) is 17.6. The van der Waals surface area contributed by atoms with Gasteiger partial charge in [-0.05, 0) is 18.6 Å². The van der Waals surface area contributed by atoms with Crippen molar-refractivity contribution in [1.29, 1.82) is 0 Å². The molecule has 0 aromatic heterocycles. The normalized spacial score (nSPS) is 11.8. The molecule has 3 nitrogen and oxygen atoms in total. The first-order valence-corrected chi connectivity index (χ1v) is 9.33. The highest BCUT2D eigenvalue weighted by Gasteiger charge is 2.38. The largest absolute Gasteiger partial charge is 0.443 e. The lowest BCUT2D eigenvalue weighted by Crippen LogP contribution is -2.13. The molecule has 0 saturated heterocycles. The Morgan fingerprint density at radius 1 is 0.850 bits per heavy atom. The molecule has 0 saturated carbocycles. The number of rotatable bonds is 11. The zero-order valence-electron chi connectivity index (χ0n) is 12.5. The highest BCUT2D eigenvalue weighted by Crippen LogP contribution is 2.49. The van der Waals surface area contributed by atoms with Crippen molar-refractivity contribution in [2.45, 2.75) is 58.3 Å². The van der Waals surface area contributed by atoms with E-state index in [-0.39, 0.29) is 0 Å². The molecule has 0 unspecified atom stereocenters. The van der Waals surface area contributed by atoms with Crippen LogP contribution in [-0.4, -0.2) is 16.4 Å². The molecular formula is C16H28O3P+. The molecule has 0 heterocycles. The van der Waals surface area contributed by atoms with Crippen LogP contribution in [0.3, 0.4) is 0 Å². The third kappa shape index (κ3) is 7.35. The Morgan fingerprint density at radius 3 is 2.00 bits per heavy atom. The van der Waals surface area contributed by atoms with Gasteiger partial charge < -0.3 is 0 Å². The minimum absolute atomic E-state index is 0.421. The molecule has 2 N–H and O–H groups in total. The topological polar surface area (TPSA) is 49.7 Å². The van der Waals surface area contributed by atoms with Crippen molar-refractivity contribution in [1.82, 2.24) is 0 Å². The molecule has 0 aliphatic heterocycles. The molecule has 0 radical (unpaired) electrons. The van der Waals surface area contributed by atoms with Gasteiger partial charge in [0, 0.05) is 0 Å². The molecule has 0 atom stereocenters. The number of unbranched alkanes of at least 4 members (excludes halogenated alkanes) is 7. The van der Waals surface area contributed by atoms with Gasteiger partial charge in [0.2, 0.25) is 0 Å². The van der Waals surface area contributed by atoms with Crippen molar-refractivity contribution in [3.05, 3.63) is 30.3 Å². The van der Waals surface area contributed by atoms with Gasteiger partial charge in [-0.3, -0.25) is 0 Å². The zero-order chi connectivity index (χ0) is 14.7. The van der Waals surface area contributed by atoms with Gasteiger partial charge in [-0.25, -0.2) is 0 Å². The Morgan fingerprint density at radius 2 is 1.40 bits per heavy atom. The van der Waals surface area contributed by atoms with E-state index in [0.29, 0.717) is 11.9 Å². The van der Waals surface area contributed by atoms with E-state index in [0.717, 1.165) is 12.8 Å². The molecule has 1 rings (SSSR count). The summed E-state index contributed by atoms with van der Waals surface area (Å²) < 4.78 is 5.28. The summed E-state index contributed by atoms with van der Waals surface area (Å²) in [5, 5.41) is 0.486. The highest BCUT2D eigenvalue weighted by molar-refractivity contribution is 7.67. The summed E-state index contributed by atoms with van der Waals surface area (Å²) in [4.78, 5) is 19.9. The van der Waals surface area contributed by atoms with Gasteiger partial charge in [-0.1, -0.05) is 70.1 Å². The second-order valence-corrected chi connectivity index (χ2v) is 7.05. The Bertz CT molecular complexity index is 341. The lowest BCUT2D eigenvalue weighted by Gasteiger charge is -2.10. The Labute approximate surface area is 123 Å². The Balaban J connectivity index is 2.06. The van der Waals surface area contributed by atoms with Crippen LogP contribution in [0.4, 0.5) is 0 Å². The van der Waals surface area contributed by atoms with Crippen molar-refractivity contribution in [2.75, 3.05) is 6.61 Å². The molecular weight excluding hydrogens is 271 g/mol. The van der Waals surface area contributed by atoms with Crippen LogP contribution in [0.15, 0.2) is 30.3 Å². The van der Waals surface area contributed by atoms with E-state index in [1.165, 1.54) is 38.5 Å². The zero-order valence-corrected chi connectivity index (χ0v) is 13.4. The smallest absolute Gasteiger partial charge is 0.188 e. The summed E-state index contributed by atoms with van der Waals surface area (Å²) in [7, 11) is -3.37. The van der Waals surface area contributed by atoms with E-state index >= 15 is 0 Å². The van der Waals surface area contributed by atoms with E-state index in [1.54, 1.807) is 24.3 Å². The predicted molar refractivity (Wildman–Crippen MR) is 86.0 cm³/mol. The van der Waals surface area contributed by atoms with Gasteiger partial charge in [0.25, 0.3) is 0 Å². The molecule has 0 amide bonds. The van der Waals surface area contributed by atoms with E-state index in [4.69, 9.17) is 4.52 Å². The highest BCUT2D eigenvalue weighted by atomic mass is 31.2. The van der Waals surface area contributed by atoms with E-state index in [9.17, 15) is 9.79 Å². The SMILES string of the molecule is CCCCCCCCCCO[P+](O)(O)c1ccccc1. The van der Waals surface area contributed by atoms with Gasteiger partial charge >= 0.3 is 7.94 Å². The summed E-state index contributed by atoms with van der Waals surface area (Å²) in [5.41, 5.74) is 0. The minimum atomic E-state index is -3.37. The van der Waals surface area contributed by atoms with Crippen molar-refractivity contribution in [3.8, 4) is 0 Å². The monoisotopic (exact) mass is 299 g/mol. The van der Waals surface area contributed by atoms with E-state index in [2.05, 4.69) is 6.92 Å². The molecule has 0 bridgehead atoms. The summed E-state index contributed by atoms with van der Waals surface area (Å²) in [6.07, 6.45) is 9.75. The maximum Gasteiger partial charge on any atom is 0.443 e. The fraction of sp³-hybridized carbons (Fsp3) is 0.625. The van der Waals surface area contributed by atoms with E-state index in [1.807, 2.05) is 6.07 Å². The van der Waals surface area contributed by atoms with Crippen molar-refractivity contribution >= 4 is 13.2 Å². The average molecular weight is 299 g/mol. The van der Waals surface area contributed by atoms with Gasteiger partial charge in [-0.2, -0.15) is 14.3 Å². The molecule has 1 aromatic carbocycles. The van der Waals surface area contributed by atoms with Crippen LogP contribution in [0.1, 0.15) is 58.3 Å². The van der Waals surface area contributed by atoms with Crippen molar-refractivity contribution < 1.29 is 14.3 Å². The van der Waals surface area contributed by atoms with Crippen LogP contribution in [0.5, 0.6) is 0 Å². The van der Waals surface area contributed by atoms with Crippen molar-refractivity contribution in [3.63, 3.8) is 0 Å². The van der Waals surface area contributed by atoms with Crippen LogP contribution < -0.4 is 5.30 Å². The third-order valence-electron chi connectivity index (χ3n) is 3.36. The second-order valence-electron chi connectivity index (χ2n) is 5.19. The number of hydrogen-bond acceptors (Lipinski definition) is 3. The van der Waals surface area contributed by atoms with Crippen LogP contribution in [-0.2, 0) is 4.52 Å². The molecule has 114 valence electrons. The average Bonchev–Trinajstić information content (AvgIpc) is 2.46. The summed E-state index contributed by atoms with van der Waals surface area (Å²) in [5.74, 6) is 0.